The molecule has 0 amide bonds. The molecule has 2 aromatic heterocycles. The summed E-state index contributed by atoms with van der Waals surface area (Å²) in [6.45, 7) is 2.66. The molecule has 10 heteroatoms. The SMILES string of the molecule is FC(F)(F)C(Nc1ccc(-c2cc3c(N4C5CCC4COC5)ncnc3[nH]2)cc1)C1CCNCC1. The summed E-state index contributed by atoms with van der Waals surface area (Å²) in [5, 5.41) is 6.85. The number of anilines is 2. The number of morpholine rings is 1. The summed E-state index contributed by atoms with van der Waals surface area (Å²) in [5.41, 5.74) is 2.96. The van der Waals surface area contributed by atoms with Crippen LogP contribution in [0.15, 0.2) is 36.7 Å². The highest BCUT2D eigenvalue weighted by Crippen LogP contribution is 2.38. The van der Waals surface area contributed by atoms with E-state index in [4.69, 9.17) is 4.74 Å². The van der Waals surface area contributed by atoms with E-state index < -0.39 is 18.1 Å². The van der Waals surface area contributed by atoms with Crippen LogP contribution < -0.4 is 15.5 Å². The number of aromatic amines is 1. The maximum atomic E-state index is 13.8. The van der Waals surface area contributed by atoms with Gasteiger partial charge in [-0.3, -0.25) is 0 Å². The van der Waals surface area contributed by atoms with E-state index >= 15 is 0 Å². The first-order valence-electron chi connectivity index (χ1n) is 12.3. The van der Waals surface area contributed by atoms with Crippen LogP contribution in [0.5, 0.6) is 0 Å². The Morgan fingerprint density at radius 1 is 1.00 bits per heavy atom. The lowest BCUT2D eigenvalue weighted by atomic mass is 9.89. The Bertz CT molecular complexity index is 1160. The van der Waals surface area contributed by atoms with Gasteiger partial charge in [-0.2, -0.15) is 13.2 Å². The van der Waals surface area contributed by atoms with E-state index in [0.717, 1.165) is 41.0 Å². The summed E-state index contributed by atoms with van der Waals surface area (Å²) in [6.07, 6.45) is 0.497. The highest BCUT2D eigenvalue weighted by Gasteiger charge is 2.45. The fourth-order valence-corrected chi connectivity index (χ4v) is 5.83. The van der Waals surface area contributed by atoms with E-state index in [1.165, 1.54) is 0 Å². The standard InChI is InChI=1S/C25H29F3N6O/c26-25(27,28)22(16-7-9-29-10-8-16)32-17-3-1-15(2-4-17)21-11-20-23(33-21)30-14-31-24(20)34-18-5-6-19(34)13-35-12-18/h1-4,11,14,16,18-19,22,29,32H,5-10,12-13H2,(H,30,31,33). The van der Waals surface area contributed by atoms with Crippen LogP contribution in [0.1, 0.15) is 25.7 Å². The van der Waals surface area contributed by atoms with Crippen LogP contribution >= 0.6 is 0 Å². The Labute approximate surface area is 201 Å². The van der Waals surface area contributed by atoms with Gasteiger partial charge >= 0.3 is 6.18 Å². The van der Waals surface area contributed by atoms with Gasteiger partial charge in [0.25, 0.3) is 0 Å². The zero-order valence-electron chi connectivity index (χ0n) is 19.3. The molecule has 3 saturated heterocycles. The van der Waals surface area contributed by atoms with Crippen LogP contribution in [0.4, 0.5) is 24.7 Å². The third-order valence-corrected chi connectivity index (χ3v) is 7.62. The molecule has 3 aliphatic rings. The summed E-state index contributed by atoms with van der Waals surface area (Å²) in [4.78, 5) is 14.8. The summed E-state index contributed by atoms with van der Waals surface area (Å²) < 4.78 is 47.1. The topological polar surface area (TPSA) is 78.1 Å². The Morgan fingerprint density at radius 2 is 1.71 bits per heavy atom. The second-order valence-corrected chi connectivity index (χ2v) is 9.80. The van der Waals surface area contributed by atoms with Crippen molar-refractivity contribution in [2.75, 3.05) is 36.5 Å². The number of hydrogen-bond acceptors (Lipinski definition) is 6. The Morgan fingerprint density at radius 3 is 2.40 bits per heavy atom. The minimum atomic E-state index is -4.30. The highest BCUT2D eigenvalue weighted by molar-refractivity contribution is 5.92. The van der Waals surface area contributed by atoms with Crippen LogP contribution in [0.25, 0.3) is 22.3 Å². The van der Waals surface area contributed by atoms with Gasteiger partial charge in [0.15, 0.2) is 0 Å². The number of nitrogens with zero attached hydrogens (tertiary/aromatic N) is 3. The maximum absolute atomic E-state index is 13.8. The first-order valence-corrected chi connectivity index (χ1v) is 12.3. The molecule has 0 spiro atoms. The zero-order valence-corrected chi connectivity index (χ0v) is 19.3. The van der Waals surface area contributed by atoms with Gasteiger partial charge in [0.2, 0.25) is 0 Å². The van der Waals surface area contributed by atoms with Gasteiger partial charge in [-0.1, -0.05) is 12.1 Å². The number of H-pyrrole nitrogens is 1. The van der Waals surface area contributed by atoms with Gasteiger partial charge < -0.3 is 25.3 Å². The Balaban J connectivity index is 1.25. The molecule has 0 saturated carbocycles. The molecule has 35 heavy (non-hydrogen) atoms. The number of nitrogens with one attached hydrogen (secondary N) is 3. The molecule has 7 nitrogen and oxygen atoms in total. The van der Waals surface area contributed by atoms with Gasteiger partial charge in [-0.15, -0.1) is 0 Å². The minimum absolute atomic E-state index is 0.331. The van der Waals surface area contributed by atoms with Gasteiger partial charge in [0.1, 0.15) is 23.8 Å². The van der Waals surface area contributed by atoms with Crippen LogP contribution in [0.3, 0.4) is 0 Å². The molecular weight excluding hydrogens is 457 g/mol. The van der Waals surface area contributed by atoms with Gasteiger partial charge in [0, 0.05) is 11.4 Å². The van der Waals surface area contributed by atoms with E-state index in [9.17, 15) is 13.2 Å². The maximum Gasteiger partial charge on any atom is 0.408 e. The van der Waals surface area contributed by atoms with E-state index in [1.807, 2.05) is 18.2 Å². The molecule has 5 heterocycles. The molecule has 3 unspecified atom stereocenters. The largest absolute Gasteiger partial charge is 0.408 e. The average Bonchev–Trinajstić information content (AvgIpc) is 3.40. The minimum Gasteiger partial charge on any atom is -0.377 e. The van der Waals surface area contributed by atoms with Crippen molar-refractivity contribution in [1.82, 2.24) is 20.3 Å². The number of benzene rings is 1. The predicted molar refractivity (Wildman–Crippen MR) is 128 cm³/mol. The van der Waals surface area contributed by atoms with Crippen LogP contribution in [-0.4, -0.2) is 65.6 Å². The molecule has 3 atom stereocenters. The van der Waals surface area contributed by atoms with Crippen molar-refractivity contribution >= 4 is 22.5 Å². The Kier molecular flexibility index (Phi) is 5.80. The van der Waals surface area contributed by atoms with E-state index in [1.54, 1.807) is 18.5 Å². The lowest BCUT2D eigenvalue weighted by molar-refractivity contribution is -0.155. The van der Waals surface area contributed by atoms with Crippen molar-refractivity contribution < 1.29 is 17.9 Å². The average molecular weight is 487 g/mol. The molecular formula is C25H29F3N6O. The van der Waals surface area contributed by atoms with E-state index in [0.29, 0.717) is 56.9 Å². The van der Waals surface area contributed by atoms with Crippen molar-refractivity contribution in [3.63, 3.8) is 0 Å². The molecule has 3 fully saturated rings. The van der Waals surface area contributed by atoms with Crippen molar-refractivity contribution in [2.24, 2.45) is 5.92 Å². The molecule has 3 aliphatic heterocycles. The summed E-state index contributed by atoms with van der Waals surface area (Å²) in [6, 6.07) is 8.27. The normalized spacial score (nSPS) is 24.1. The van der Waals surface area contributed by atoms with Crippen molar-refractivity contribution in [3.05, 3.63) is 36.7 Å². The van der Waals surface area contributed by atoms with Crippen LogP contribution in [0.2, 0.25) is 0 Å². The number of fused-ring (bicyclic) bond motifs is 3. The molecule has 3 N–H and O–H groups in total. The fourth-order valence-electron chi connectivity index (χ4n) is 5.83. The van der Waals surface area contributed by atoms with Gasteiger partial charge in [-0.05, 0) is 68.5 Å². The molecule has 3 aromatic rings. The number of rotatable bonds is 5. The molecule has 0 aliphatic carbocycles. The fraction of sp³-hybridized carbons (Fsp3) is 0.520. The van der Waals surface area contributed by atoms with Crippen molar-refractivity contribution in [1.29, 1.82) is 0 Å². The predicted octanol–water partition coefficient (Wildman–Crippen LogP) is 4.33. The van der Waals surface area contributed by atoms with Crippen molar-refractivity contribution in [2.45, 2.75) is 50.0 Å². The van der Waals surface area contributed by atoms with Gasteiger partial charge in [0.05, 0.1) is 30.7 Å². The molecule has 1 aromatic carbocycles. The second kappa shape index (κ2) is 8.98. The number of alkyl halides is 3. The quantitative estimate of drug-likeness (QED) is 0.498. The first-order chi connectivity index (χ1) is 17.0. The number of hydrogen-bond donors (Lipinski definition) is 3. The molecule has 6 rings (SSSR count). The summed E-state index contributed by atoms with van der Waals surface area (Å²) in [7, 11) is 0. The van der Waals surface area contributed by atoms with Crippen molar-refractivity contribution in [3.8, 4) is 11.3 Å². The molecule has 186 valence electrons. The second-order valence-electron chi connectivity index (χ2n) is 9.80. The third kappa shape index (κ3) is 4.33. The number of halogens is 3. The zero-order chi connectivity index (χ0) is 24.0. The number of ether oxygens (including phenoxy) is 1. The van der Waals surface area contributed by atoms with Gasteiger partial charge in [-0.25, -0.2) is 9.97 Å². The monoisotopic (exact) mass is 486 g/mol. The molecule has 2 bridgehead atoms. The smallest absolute Gasteiger partial charge is 0.377 e. The number of aromatic nitrogens is 3. The van der Waals surface area contributed by atoms with Crippen LogP contribution in [-0.2, 0) is 4.74 Å². The van der Waals surface area contributed by atoms with Crippen LogP contribution in [0, 0.1) is 5.92 Å². The lowest BCUT2D eigenvalue weighted by Gasteiger charge is -2.35. The Hall–Kier alpha value is -2.85. The van der Waals surface area contributed by atoms with E-state index in [2.05, 4.69) is 30.5 Å². The number of piperidine rings is 1. The first kappa shape index (κ1) is 22.6. The highest BCUT2D eigenvalue weighted by atomic mass is 19.4. The molecule has 0 radical (unpaired) electrons. The summed E-state index contributed by atoms with van der Waals surface area (Å²) in [5.74, 6) is 0.485. The lowest BCUT2D eigenvalue weighted by Crippen LogP contribution is -2.46. The third-order valence-electron chi connectivity index (χ3n) is 7.62. The van der Waals surface area contributed by atoms with E-state index in [-0.39, 0.29) is 0 Å². The summed E-state index contributed by atoms with van der Waals surface area (Å²) >= 11 is 0.